The van der Waals surface area contributed by atoms with Gasteiger partial charge in [0, 0.05) is 17.3 Å². The first-order chi connectivity index (χ1) is 9.13. The zero-order valence-corrected chi connectivity index (χ0v) is 11.3. The molecular formula is C11H10N4O2S2. The van der Waals surface area contributed by atoms with Crippen molar-refractivity contribution in [3.63, 3.8) is 0 Å². The van der Waals surface area contributed by atoms with Crippen molar-refractivity contribution in [1.29, 1.82) is 0 Å². The molecule has 2 aromatic heterocycles. The van der Waals surface area contributed by atoms with Crippen LogP contribution in [-0.4, -0.2) is 22.1 Å². The second-order valence-electron chi connectivity index (χ2n) is 3.64. The molecule has 2 aromatic rings. The number of nitrogens with zero attached hydrogens (tertiary/aromatic N) is 1. The average Bonchev–Trinajstić information content (AvgIpc) is 2.80. The van der Waals surface area contributed by atoms with E-state index in [1.807, 2.05) is 16.8 Å². The van der Waals surface area contributed by atoms with Crippen molar-refractivity contribution in [1.82, 2.24) is 15.4 Å². The molecule has 2 heterocycles. The molecule has 0 aliphatic rings. The van der Waals surface area contributed by atoms with E-state index in [9.17, 15) is 9.59 Å². The summed E-state index contributed by atoms with van der Waals surface area (Å²) in [5.74, 6) is -0.331. The molecule has 0 aliphatic heterocycles. The molecule has 0 bridgehead atoms. The number of aromatic amines is 2. The third-order valence-electron chi connectivity index (χ3n) is 2.11. The van der Waals surface area contributed by atoms with Gasteiger partial charge in [-0.25, -0.2) is 5.43 Å². The van der Waals surface area contributed by atoms with Crippen LogP contribution in [0.5, 0.6) is 0 Å². The van der Waals surface area contributed by atoms with Gasteiger partial charge < -0.3 is 4.98 Å². The highest BCUT2D eigenvalue weighted by molar-refractivity contribution is 7.71. The number of H-pyrrole nitrogens is 2. The third-order valence-corrected chi connectivity index (χ3v) is 3.02. The van der Waals surface area contributed by atoms with Crippen LogP contribution in [0.1, 0.15) is 11.3 Å². The first-order valence-corrected chi connectivity index (χ1v) is 6.65. The number of carbonyl (C=O) groups excluding carboxylic acids is 1. The number of hydrogen-bond donors (Lipinski definition) is 3. The second-order valence-corrected chi connectivity index (χ2v) is 4.83. The summed E-state index contributed by atoms with van der Waals surface area (Å²) < 4.78 is 0.192. The molecule has 3 N–H and O–H groups in total. The smallest absolute Gasteiger partial charge is 0.251 e. The molecule has 8 heteroatoms. The van der Waals surface area contributed by atoms with Crippen LogP contribution in [0.3, 0.4) is 0 Å². The maximum atomic E-state index is 11.6. The lowest BCUT2D eigenvalue weighted by atomic mass is 10.3. The highest BCUT2D eigenvalue weighted by Gasteiger charge is 2.03. The van der Waals surface area contributed by atoms with Crippen LogP contribution >= 0.6 is 23.6 Å². The van der Waals surface area contributed by atoms with Crippen LogP contribution < -0.4 is 11.0 Å². The quantitative estimate of drug-likeness (QED) is 0.449. The van der Waals surface area contributed by atoms with Crippen LogP contribution in [-0.2, 0) is 11.2 Å². The lowest BCUT2D eigenvalue weighted by Gasteiger charge is -1.99. The second kappa shape index (κ2) is 6.21. The van der Waals surface area contributed by atoms with E-state index < -0.39 is 0 Å². The van der Waals surface area contributed by atoms with Gasteiger partial charge in [0.25, 0.3) is 5.56 Å². The minimum Gasteiger partial charge on any atom is -0.335 e. The van der Waals surface area contributed by atoms with E-state index in [1.165, 1.54) is 6.07 Å². The Hall–Kier alpha value is -2.06. The molecule has 0 saturated heterocycles. The minimum absolute atomic E-state index is 0.00847. The molecule has 2 rings (SSSR count). The van der Waals surface area contributed by atoms with Gasteiger partial charge >= 0.3 is 0 Å². The van der Waals surface area contributed by atoms with Gasteiger partial charge in [0.1, 0.15) is 0 Å². The standard InChI is InChI=1S/C11H10N4O2S2/c16-9-3-8(13-11(18)14-9)4-10(17)15-12-5-7-1-2-19-6-7/h1-3,5-6H,4H2,(H,15,17)(H2,13,14,16,18)/b12-5-. The number of thiophene rings is 1. The molecule has 0 aliphatic carbocycles. The Balaban J connectivity index is 1.94. The lowest BCUT2D eigenvalue weighted by molar-refractivity contribution is -0.120. The van der Waals surface area contributed by atoms with Gasteiger partial charge in [0.05, 0.1) is 12.6 Å². The molecule has 0 aromatic carbocycles. The third kappa shape index (κ3) is 4.27. The van der Waals surface area contributed by atoms with Gasteiger partial charge in [-0.3, -0.25) is 14.6 Å². The minimum atomic E-state index is -0.340. The van der Waals surface area contributed by atoms with Gasteiger partial charge in [-0.2, -0.15) is 16.4 Å². The van der Waals surface area contributed by atoms with Crippen molar-refractivity contribution in [3.05, 3.63) is 49.3 Å². The van der Waals surface area contributed by atoms with Crippen LogP contribution in [0.2, 0.25) is 0 Å². The summed E-state index contributed by atoms with van der Waals surface area (Å²) in [6.07, 6.45) is 1.56. The SMILES string of the molecule is O=C(Cc1cc(=O)[nH]c(=S)[nH]1)N/N=C\c1ccsc1. The van der Waals surface area contributed by atoms with E-state index in [0.717, 1.165) is 5.56 Å². The summed E-state index contributed by atoms with van der Waals surface area (Å²) in [6, 6.07) is 3.17. The van der Waals surface area contributed by atoms with E-state index >= 15 is 0 Å². The van der Waals surface area contributed by atoms with Crippen molar-refractivity contribution < 1.29 is 4.79 Å². The molecule has 1 amide bonds. The maximum Gasteiger partial charge on any atom is 0.251 e. The number of hydrogen-bond acceptors (Lipinski definition) is 5. The zero-order valence-electron chi connectivity index (χ0n) is 9.67. The molecule has 0 saturated carbocycles. The van der Waals surface area contributed by atoms with Crippen LogP contribution in [0.25, 0.3) is 0 Å². The number of amides is 1. The maximum absolute atomic E-state index is 11.6. The Bertz CT molecular complexity index is 672. The Morgan fingerprint density at radius 1 is 1.53 bits per heavy atom. The summed E-state index contributed by atoms with van der Waals surface area (Å²) >= 11 is 6.36. The summed E-state index contributed by atoms with van der Waals surface area (Å²) in [6.45, 7) is 0. The highest BCUT2D eigenvalue weighted by atomic mass is 32.1. The number of rotatable bonds is 4. The van der Waals surface area contributed by atoms with Gasteiger partial charge in [-0.05, 0) is 29.0 Å². The molecule has 0 unspecified atom stereocenters. The fourth-order valence-corrected chi connectivity index (χ4v) is 2.20. The Labute approximate surface area is 117 Å². The summed E-state index contributed by atoms with van der Waals surface area (Å²) in [7, 11) is 0. The van der Waals surface area contributed by atoms with Crippen molar-refractivity contribution in [2.24, 2.45) is 5.10 Å². The first kappa shape index (κ1) is 13.4. The highest BCUT2D eigenvalue weighted by Crippen LogP contribution is 2.01. The number of hydrazone groups is 1. The molecule has 0 radical (unpaired) electrons. The first-order valence-electron chi connectivity index (χ1n) is 5.30. The average molecular weight is 294 g/mol. The van der Waals surface area contributed by atoms with Crippen molar-refractivity contribution >= 4 is 35.7 Å². The number of aromatic nitrogens is 2. The van der Waals surface area contributed by atoms with Crippen LogP contribution in [0.15, 0.2) is 32.8 Å². The number of carbonyl (C=O) groups is 1. The molecule has 0 spiro atoms. The van der Waals surface area contributed by atoms with E-state index in [1.54, 1.807) is 17.6 Å². The monoisotopic (exact) mass is 294 g/mol. The number of nitrogens with one attached hydrogen (secondary N) is 3. The van der Waals surface area contributed by atoms with Gasteiger partial charge in [-0.1, -0.05) is 0 Å². The summed E-state index contributed by atoms with van der Waals surface area (Å²) in [4.78, 5) is 27.9. The molecule has 19 heavy (non-hydrogen) atoms. The Morgan fingerprint density at radius 2 is 2.37 bits per heavy atom. The predicted octanol–water partition coefficient (Wildman–Crippen LogP) is 1.19. The topological polar surface area (TPSA) is 90.1 Å². The van der Waals surface area contributed by atoms with E-state index in [-0.39, 0.29) is 22.7 Å². The fourth-order valence-electron chi connectivity index (χ4n) is 1.35. The largest absolute Gasteiger partial charge is 0.335 e. The molecule has 98 valence electrons. The van der Waals surface area contributed by atoms with Crippen molar-refractivity contribution in [2.45, 2.75) is 6.42 Å². The van der Waals surface area contributed by atoms with Crippen LogP contribution in [0.4, 0.5) is 0 Å². The molecular weight excluding hydrogens is 284 g/mol. The molecule has 0 atom stereocenters. The van der Waals surface area contributed by atoms with Gasteiger partial charge in [-0.15, -0.1) is 0 Å². The Morgan fingerprint density at radius 3 is 3.05 bits per heavy atom. The van der Waals surface area contributed by atoms with E-state index in [4.69, 9.17) is 12.2 Å². The van der Waals surface area contributed by atoms with Gasteiger partial charge in [0.15, 0.2) is 4.77 Å². The molecule has 0 fully saturated rings. The van der Waals surface area contributed by atoms with E-state index in [2.05, 4.69) is 20.5 Å². The van der Waals surface area contributed by atoms with Crippen LogP contribution in [0, 0.1) is 4.77 Å². The fraction of sp³-hybridized carbons (Fsp3) is 0.0909. The lowest BCUT2D eigenvalue weighted by Crippen LogP contribution is -2.21. The zero-order chi connectivity index (χ0) is 13.7. The summed E-state index contributed by atoms with van der Waals surface area (Å²) in [5.41, 5.74) is 3.40. The van der Waals surface area contributed by atoms with Crippen molar-refractivity contribution in [2.75, 3.05) is 0 Å². The molecule has 6 nitrogen and oxygen atoms in total. The normalized spacial score (nSPS) is 10.7. The summed E-state index contributed by atoms with van der Waals surface area (Å²) in [5, 5.41) is 7.63. The van der Waals surface area contributed by atoms with Gasteiger partial charge in [0.2, 0.25) is 5.91 Å². The van der Waals surface area contributed by atoms with Crippen molar-refractivity contribution in [3.8, 4) is 0 Å². The Kier molecular flexibility index (Phi) is 4.37. The predicted molar refractivity (Wildman–Crippen MR) is 76.0 cm³/mol. The van der Waals surface area contributed by atoms with E-state index in [0.29, 0.717) is 5.69 Å².